The lowest BCUT2D eigenvalue weighted by atomic mass is 9.81. The number of Topliss-reactive ketones (excluding diaryl/α,β-unsaturated/α-hetero) is 1. The summed E-state index contributed by atoms with van der Waals surface area (Å²) in [5, 5.41) is 11.4. The minimum absolute atomic E-state index is 0.0196. The Morgan fingerprint density at radius 3 is 2.54 bits per heavy atom. The number of aliphatic hydroxyl groups is 1. The Kier molecular flexibility index (Phi) is 6.34. The Hall–Kier alpha value is -3.78. The van der Waals surface area contributed by atoms with Crippen LogP contribution in [0.4, 0.5) is 10.1 Å². The minimum atomic E-state index is -1.86. The number of ketones is 1. The first-order chi connectivity index (χ1) is 16.7. The van der Waals surface area contributed by atoms with E-state index < -0.39 is 34.7 Å². The fourth-order valence-electron chi connectivity index (χ4n) is 4.91. The summed E-state index contributed by atoms with van der Waals surface area (Å²) >= 11 is 0. The van der Waals surface area contributed by atoms with Gasteiger partial charge in [0.25, 0.3) is 17.6 Å². The third-order valence-corrected chi connectivity index (χ3v) is 6.55. The van der Waals surface area contributed by atoms with E-state index in [9.17, 15) is 23.9 Å². The second-order valence-electron chi connectivity index (χ2n) is 9.06. The molecule has 182 valence electrons. The predicted octanol–water partition coefficient (Wildman–Crippen LogP) is 3.19. The van der Waals surface area contributed by atoms with E-state index >= 15 is 0 Å². The summed E-state index contributed by atoms with van der Waals surface area (Å²) in [6.45, 7) is 6.19. The molecule has 0 bridgehead atoms. The van der Waals surface area contributed by atoms with Crippen molar-refractivity contribution in [2.45, 2.75) is 18.9 Å². The van der Waals surface area contributed by atoms with E-state index in [1.165, 1.54) is 21.9 Å². The molecule has 35 heavy (non-hydrogen) atoms. The Morgan fingerprint density at radius 1 is 1.17 bits per heavy atom. The molecule has 0 aromatic heterocycles. The molecule has 2 aromatic rings. The van der Waals surface area contributed by atoms with Crippen LogP contribution in [0.25, 0.3) is 5.76 Å². The number of aryl methyl sites for hydroxylation is 1. The number of carbonyl (C=O) groups excluding carboxylic acids is 3. The molecule has 2 aliphatic rings. The van der Waals surface area contributed by atoms with E-state index in [4.69, 9.17) is 0 Å². The number of amides is 2. The maximum Gasteiger partial charge on any atom is 0.296 e. The Balaban J connectivity index is 2.01. The number of fused-ring (bicyclic) bond motifs is 2. The van der Waals surface area contributed by atoms with Crippen molar-refractivity contribution in [3.05, 3.63) is 83.2 Å². The van der Waals surface area contributed by atoms with E-state index in [1.54, 1.807) is 37.3 Å². The number of nitrogens with zero attached hydrogens (tertiary/aromatic N) is 3. The first kappa shape index (κ1) is 24.3. The third kappa shape index (κ3) is 3.65. The van der Waals surface area contributed by atoms with Crippen LogP contribution < -0.4 is 4.90 Å². The van der Waals surface area contributed by atoms with Crippen molar-refractivity contribution in [1.29, 1.82) is 0 Å². The standard InChI is InChI=1S/C27H28FN3O4/c1-5-13-30-21-10-7-6-9-19(21)27(26(30)35)22(23(32)18-12-11-17(2)20(28)16-18)24(33)25(34)31(27)15-8-14-29(3)4/h5-7,9-12,16,32H,1,8,13-15H2,2-4H3/b23-22+. The summed E-state index contributed by atoms with van der Waals surface area (Å²) < 4.78 is 14.4. The quantitative estimate of drug-likeness (QED) is 0.287. The molecular weight excluding hydrogens is 449 g/mol. The van der Waals surface area contributed by atoms with Crippen LogP contribution in [0, 0.1) is 12.7 Å². The first-order valence-corrected chi connectivity index (χ1v) is 11.4. The van der Waals surface area contributed by atoms with Crippen molar-refractivity contribution < 1.29 is 23.9 Å². The number of para-hydroxylation sites is 1. The van der Waals surface area contributed by atoms with E-state index in [1.807, 2.05) is 19.0 Å². The fourth-order valence-corrected chi connectivity index (χ4v) is 4.91. The van der Waals surface area contributed by atoms with Crippen LogP contribution in [0.5, 0.6) is 0 Å². The van der Waals surface area contributed by atoms with Crippen molar-refractivity contribution in [2.24, 2.45) is 0 Å². The highest BCUT2D eigenvalue weighted by atomic mass is 19.1. The van der Waals surface area contributed by atoms with Gasteiger partial charge in [-0.3, -0.25) is 14.4 Å². The number of likely N-dealkylation sites (tertiary alicyclic amines) is 1. The summed E-state index contributed by atoms with van der Waals surface area (Å²) in [6.07, 6.45) is 2.05. The molecule has 0 saturated carbocycles. The number of anilines is 1. The molecule has 2 amide bonds. The molecule has 4 rings (SSSR count). The van der Waals surface area contributed by atoms with Gasteiger partial charge >= 0.3 is 0 Å². The molecular formula is C27H28FN3O4. The molecule has 2 heterocycles. The number of halogens is 1. The smallest absolute Gasteiger partial charge is 0.296 e. The molecule has 1 atom stereocenters. The number of rotatable bonds is 7. The summed E-state index contributed by atoms with van der Waals surface area (Å²) in [5.74, 6) is -3.54. The molecule has 1 fully saturated rings. The number of hydrogen-bond donors (Lipinski definition) is 1. The fraction of sp³-hybridized carbons (Fsp3) is 0.296. The molecule has 1 spiro atoms. The molecule has 0 aliphatic carbocycles. The summed E-state index contributed by atoms with van der Waals surface area (Å²) in [6, 6.07) is 10.9. The molecule has 8 heteroatoms. The van der Waals surface area contributed by atoms with E-state index in [0.717, 1.165) is 6.07 Å². The van der Waals surface area contributed by atoms with Crippen LogP contribution >= 0.6 is 0 Å². The summed E-state index contributed by atoms with van der Waals surface area (Å²) in [4.78, 5) is 45.6. The normalized spacial score (nSPS) is 20.9. The zero-order valence-corrected chi connectivity index (χ0v) is 20.0. The van der Waals surface area contributed by atoms with Crippen molar-refractivity contribution in [3.8, 4) is 0 Å². The Labute approximate surface area is 203 Å². The molecule has 1 unspecified atom stereocenters. The van der Waals surface area contributed by atoms with Crippen molar-refractivity contribution >= 4 is 29.0 Å². The van der Waals surface area contributed by atoms with Crippen LogP contribution in [-0.2, 0) is 19.9 Å². The lowest BCUT2D eigenvalue weighted by Crippen LogP contribution is -2.52. The number of carbonyl (C=O) groups is 3. The number of aliphatic hydroxyl groups excluding tert-OH is 1. The average Bonchev–Trinajstić information content (AvgIpc) is 3.19. The van der Waals surface area contributed by atoms with Crippen LogP contribution in [0.2, 0.25) is 0 Å². The van der Waals surface area contributed by atoms with E-state index in [0.29, 0.717) is 29.8 Å². The largest absolute Gasteiger partial charge is 0.507 e. The van der Waals surface area contributed by atoms with Crippen LogP contribution in [0.3, 0.4) is 0 Å². The first-order valence-electron chi connectivity index (χ1n) is 11.4. The lowest BCUT2D eigenvalue weighted by molar-refractivity contribution is -0.143. The van der Waals surface area contributed by atoms with Gasteiger partial charge in [0.1, 0.15) is 11.6 Å². The molecule has 2 aliphatic heterocycles. The molecule has 1 N–H and O–H groups in total. The maximum absolute atomic E-state index is 14.4. The van der Waals surface area contributed by atoms with Gasteiger partial charge in [-0.2, -0.15) is 0 Å². The summed E-state index contributed by atoms with van der Waals surface area (Å²) in [7, 11) is 3.77. The SMILES string of the molecule is C=CCN1C(=O)C2(/C(=C(/O)c3ccc(C)c(F)c3)C(=O)C(=O)N2CCCN(C)C)c2ccccc21. The van der Waals surface area contributed by atoms with Gasteiger partial charge in [0, 0.05) is 24.2 Å². The molecule has 1 saturated heterocycles. The van der Waals surface area contributed by atoms with Crippen molar-refractivity contribution in [2.75, 3.05) is 38.6 Å². The van der Waals surface area contributed by atoms with Crippen LogP contribution in [-0.4, -0.2) is 66.2 Å². The monoisotopic (exact) mass is 477 g/mol. The molecule has 7 nitrogen and oxygen atoms in total. The van der Waals surface area contributed by atoms with Crippen LogP contribution in [0.1, 0.15) is 23.1 Å². The lowest BCUT2D eigenvalue weighted by Gasteiger charge is -2.34. The van der Waals surface area contributed by atoms with Crippen molar-refractivity contribution in [1.82, 2.24) is 9.80 Å². The second-order valence-corrected chi connectivity index (χ2v) is 9.06. The average molecular weight is 478 g/mol. The third-order valence-electron chi connectivity index (χ3n) is 6.55. The Bertz CT molecular complexity index is 1270. The highest BCUT2D eigenvalue weighted by molar-refractivity contribution is 6.50. The summed E-state index contributed by atoms with van der Waals surface area (Å²) in [5.41, 5.74) is -0.875. The van der Waals surface area contributed by atoms with E-state index in [2.05, 4.69) is 6.58 Å². The van der Waals surface area contributed by atoms with Crippen LogP contribution in [0.15, 0.2) is 60.7 Å². The minimum Gasteiger partial charge on any atom is -0.507 e. The Morgan fingerprint density at radius 2 is 1.89 bits per heavy atom. The van der Waals surface area contributed by atoms with Gasteiger partial charge in [0.2, 0.25) is 0 Å². The van der Waals surface area contributed by atoms with Gasteiger partial charge in [-0.15, -0.1) is 6.58 Å². The highest BCUT2D eigenvalue weighted by Crippen LogP contribution is 2.53. The predicted molar refractivity (Wildman–Crippen MR) is 131 cm³/mol. The van der Waals surface area contributed by atoms with Gasteiger partial charge in [-0.25, -0.2) is 4.39 Å². The highest BCUT2D eigenvalue weighted by Gasteiger charge is 2.66. The topological polar surface area (TPSA) is 81.2 Å². The molecule has 0 radical (unpaired) electrons. The number of hydrogen-bond acceptors (Lipinski definition) is 5. The zero-order chi connectivity index (χ0) is 25.5. The van der Waals surface area contributed by atoms with Gasteiger partial charge in [-0.1, -0.05) is 36.4 Å². The zero-order valence-electron chi connectivity index (χ0n) is 20.0. The number of benzene rings is 2. The van der Waals surface area contributed by atoms with Gasteiger partial charge < -0.3 is 19.8 Å². The van der Waals surface area contributed by atoms with Crippen molar-refractivity contribution in [3.63, 3.8) is 0 Å². The van der Waals surface area contributed by atoms with E-state index in [-0.39, 0.29) is 24.2 Å². The van der Waals surface area contributed by atoms with Gasteiger partial charge in [0.05, 0.1) is 11.3 Å². The van der Waals surface area contributed by atoms with Gasteiger partial charge in [-0.05, 0) is 51.7 Å². The maximum atomic E-state index is 14.4. The molecule has 2 aromatic carbocycles. The van der Waals surface area contributed by atoms with Gasteiger partial charge in [0.15, 0.2) is 5.54 Å². The second kappa shape index (κ2) is 9.11.